The fourth-order valence-electron chi connectivity index (χ4n) is 3.51. The zero-order valence-electron chi connectivity index (χ0n) is 12.6. The van der Waals surface area contributed by atoms with Crippen LogP contribution in [-0.2, 0) is 14.3 Å². The third-order valence-corrected chi connectivity index (χ3v) is 4.53. The Hall–Kier alpha value is -2.08. The maximum Gasteiger partial charge on any atom is 0.235 e. The molecule has 2 heterocycles. The van der Waals surface area contributed by atoms with Crippen molar-refractivity contribution in [2.45, 2.75) is 25.0 Å². The summed E-state index contributed by atoms with van der Waals surface area (Å²) < 4.78 is 11.1. The number of rotatable bonds is 4. The van der Waals surface area contributed by atoms with Crippen molar-refractivity contribution in [3.05, 3.63) is 29.8 Å². The monoisotopic (exact) mass is 304 g/mol. The first kappa shape index (κ1) is 14.8. The maximum atomic E-state index is 12.7. The van der Waals surface area contributed by atoms with Crippen LogP contribution < -0.4 is 9.84 Å². The second kappa shape index (κ2) is 5.28. The van der Waals surface area contributed by atoms with Gasteiger partial charge in [0.2, 0.25) is 5.91 Å². The van der Waals surface area contributed by atoms with Gasteiger partial charge in [0.25, 0.3) is 0 Å². The Bertz CT molecular complexity index is 616. The molecule has 2 bridgehead atoms. The molecule has 2 aliphatic rings. The van der Waals surface area contributed by atoms with Crippen LogP contribution >= 0.6 is 0 Å². The fourth-order valence-corrected chi connectivity index (χ4v) is 3.51. The number of fused-ring (bicyclic) bond motifs is 4. The number of aliphatic carboxylic acids is 1. The van der Waals surface area contributed by atoms with Crippen molar-refractivity contribution in [2.75, 3.05) is 20.3 Å². The molecular weight excluding hydrogens is 286 g/mol. The van der Waals surface area contributed by atoms with Crippen LogP contribution in [-0.4, -0.2) is 42.8 Å². The molecule has 3 atom stereocenters. The summed E-state index contributed by atoms with van der Waals surface area (Å²) in [5.41, 5.74) is -0.102. The van der Waals surface area contributed by atoms with Gasteiger partial charge in [-0.2, -0.15) is 0 Å². The number of carboxylic acid groups (broad SMARTS) is 1. The zero-order valence-corrected chi connectivity index (χ0v) is 12.6. The van der Waals surface area contributed by atoms with Crippen LogP contribution in [0.1, 0.15) is 24.8 Å². The van der Waals surface area contributed by atoms with Gasteiger partial charge in [-0.05, 0) is 18.6 Å². The number of hydrogen-bond donors (Lipinski definition) is 0. The van der Waals surface area contributed by atoms with Crippen LogP contribution in [0.5, 0.6) is 5.75 Å². The maximum absolute atomic E-state index is 12.7. The summed E-state index contributed by atoms with van der Waals surface area (Å²) in [7, 11) is 1.53. The lowest BCUT2D eigenvalue weighted by Crippen LogP contribution is -2.65. The molecule has 0 aromatic heterocycles. The van der Waals surface area contributed by atoms with Gasteiger partial charge < -0.3 is 24.3 Å². The van der Waals surface area contributed by atoms with Gasteiger partial charge in [-0.3, -0.25) is 4.79 Å². The van der Waals surface area contributed by atoms with Crippen molar-refractivity contribution in [3.8, 4) is 5.75 Å². The predicted octanol–water partition coefficient (Wildman–Crippen LogP) is 0.124. The Morgan fingerprint density at radius 2 is 2.23 bits per heavy atom. The highest BCUT2D eigenvalue weighted by Crippen LogP contribution is 2.49. The summed E-state index contributed by atoms with van der Waals surface area (Å²) in [6.45, 7) is 2.41. The number of amides is 1. The molecule has 1 fully saturated rings. The van der Waals surface area contributed by atoms with Crippen molar-refractivity contribution in [1.29, 1.82) is 0 Å². The van der Waals surface area contributed by atoms with Crippen molar-refractivity contribution in [2.24, 2.45) is 5.92 Å². The molecule has 0 unspecified atom stereocenters. The van der Waals surface area contributed by atoms with Gasteiger partial charge in [-0.15, -0.1) is 0 Å². The van der Waals surface area contributed by atoms with E-state index in [9.17, 15) is 14.7 Å². The molecule has 1 amide bonds. The second-order valence-electron chi connectivity index (χ2n) is 5.90. The number of nitrogens with zero attached hydrogens (tertiary/aromatic N) is 1. The Balaban J connectivity index is 2.07. The third kappa shape index (κ3) is 2.14. The number of ether oxygens (including phenoxy) is 2. The van der Waals surface area contributed by atoms with E-state index in [0.29, 0.717) is 18.8 Å². The summed E-state index contributed by atoms with van der Waals surface area (Å²) in [5, 5.41) is 11.6. The van der Waals surface area contributed by atoms with Gasteiger partial charge in [0, 0.05) is 26.0 Å². The number of piperidine rings is 1. The standard InChI is InChI=1S/C16H19NO5/c1-16-9-11(10-5-3-4-6-12(10)22-16)13(15(19)20)14(18)17(16)7-8-21-2/h3-6,11,13H,7-9H2,1-2H3,(H,19,20)/p-1/t11-,13+,16-/m1/s1. The van der Waals surface area contributed by atoms with Gasteiger partial charge in [-0.1, -0.05) is 18.2 Å². The van der Waals surface area contributed by atoms with Crippen molar-refractivity contribution in [1.82, 2.24) is 4.90 Å². The number of carbonyl (C=O) groups is 2. The molecule has 0 spiro atoms. The molecule has 2 aliphatic heterocycles. The molecule has 22 heavy (non-hydrogen) atoms. The van der Waals surface area contributed by atoms with E-state index in [1.807, 2.05) is 25.1 Å². The molecule has 1 aromatic carbocycles. The van der Waals surface area contributed by atoms with Crippen LogP contribution in [0.15, 0.2) is 24.3 Å². The smallest absolute Gasteiger partial charge is 0.235 e. The lowest BCUT2D eigenvalue weighted by molar-refractivity contribution is -0.313. The van der Waals surface area contributed by atoms with Gasteiger partial charge >= 0.3 is 0 Å². The van der Waals surface area contributed by atoms with Crippen LogP contribution in [0, 0.1) is 5.92 Å². The zero-order chi connectivity index (χ0) is 15.9. The summed E-state index contributed by atoms with van der Waals surface area (Å²) in [5.74, 6) is -2.79. The van der Waals surface area contributed by atoms with Gasteiger partial charge in [0.1, 0.15) is 5.75 Å². The number of likely N-dealkylation sites (tertiary alicyclic amines) is 1. The highest BCUT2D eigenvalue weighted by Gasteiger charge is 2.54. The quantitative estimate of drug-likeness (QED) is 0.739. The molecule has 3 rings (SSSR count). The van der Waals surface area contributed by atoms with E-state index in [0.717, 1.165) is 5.56 Å². The fraction of sp³-hybridized carbons (Fsp3) is 0.500. The number of carbonyl (C=O) groups excluding carboxylic acids is 2. The van der Waals surface area contributed by atoms with E-state index in [2.05, 4.69) is 0 Å². The Morgan fingerprint density at radius 3 is 2.91 bits per heavy atom. The third-order valence-electron chi connectivity index (χ3n) is 4.53. The topological polar surface area (TPSA) is 78.9 Å². The molecule has 0 saturated carbocycles. The van der Waals surface area contributed by atoms with E-state index in [1.165, 1.54) is 12.0 Å². The number of methoxy groups -OCH3 is 1. The molecule has 1 aromatic rings. The van der Waals surface area contributed by atoms with Crippen molar-refractivity contribution in [3.63, 3.8) is 0 Å². The number of carboxylic acids is 1. The normalized spacial score (nSPS) is 29.7. The molecule has 0 radical (unpaired) electrons. The number of para-hydroxylation sites is 1. The van der Waals surface area contributed by atoms with Gasteiger partial charge in [-0.25, -0.2) is 0 Å². The lowest BCUT2D eigenvalue weighted by atomic mass is 9.74. The van der Waals surface area contributed by atoms with Crippen LogP contribution in [0.25, 0.3) is 0 Å². The van der Waals surface area contributed by atoms with Crippen LogP contribution in [0.3, 0.4) is 0 Å². The van der Waals surface area contributed by atoms with E-state index in [4.69, 9.17) is 9.47 Å². The average molecular weight is 304 g/mol. The summed E-state index contributed by atoms with van der Waals surface area (Å²) in [4.78, 5) is 25.7. The van der Waals surface area contributed by atoms with Gasteiger partial charge in [0.15, 0.2) is 5.72 Å². The Labute approximate surface area is 128 Å². The Kier molecular flexibility index (Phi) is 3.56. The van der Waals surface area contributed by atoms with Gasteiger partial charge in [0.05, 0.1) is 18.5 Å². The van der Waals surface area contributed by atoms with Crippen molar-refractivity contribution < 1.29 is 24.2 Å². The molecule has 1 saturated heterocycles. The SMILES string of the molecule is COCCN1C(=O)[C@@H](C(=O)[O-])[C@@H]2C[C@@]1(C)Oc1ccccc12. The summed E-state index contributed by atoms with van der Waals surface area (Å²) in [6.07, 6.45) is 0.429. The second-order valence-corrected chi connectivity index (χ2v) is 5.90. The number of benzene rings is 1. The lowest BCUT2D eigenvalue weighted by Gasteiger charge is -2.53. The minimum absolute atomic E-state index is 0.282. The minimum Gasteiger partial charge on any atom is -0.549 e. The summed E-state index contributed by atoms with van der Waals surface area (Å²) >= 11 is 0. The van der Waals surface area contributed by atoms with E-state index in [-0.39, 0.29) is 6.54 Å². The molecule has 6 nitrogen and oxygen atoms in total. The highest BCUT2D eigenvalue weighted by atomic mass is 16.5. The molecule has 0 N–H and O–H groups in total. The molecule has 6 heteroatoms. The minimum atomic E-state index is -1.34. The first-order valence-corrected chi connectivity index (χ1v) is 7.27. The van der Waals surface area contributed by atoms with Crippen molar-refractivity contribution >= 4 is 11.9 Å². The number of hydrogen-bond acceptors (Lipinski definition) is 5. The van der Waals surface area contributed by atoms with E-state index >= 15 is 0 Å². The molecular formula is C16H18NO5-. The van der Waals surface area contributed by atoms with Crippen LogP contribution in [0.2, 0.25) is 0 Å². The summed E-state index contributed by atoms with van der Waals surface area (Å²) in [6, 6.07) is 7.27. The first-order chi connectivity index (χ1) is 10.5. The molecule has 0 aliphatic carbocycles. The predicted molar refractivity (Wildman–Crippen MR) is 74.9 cm³/mol. The first-order valence-electron chi connectivity index (χ1n) is 7.27. The average Bonchev–Trinajstić information content (AvgIpc) is 2.46. The van der Waals surface area contributed by atoms with E-state index < -0.39 is 29.4 Å². The Morgan fingerprint density at radius 1 is 1.50 bits per heavy atom. The highest BCUT2D eigenvalue weighted by molar-refractivity contribution is 5.98. The largest absolute Gasteiger partial charge is 0.549 e. The molecule has 118 valence electrons. The van der Waals surface area contributed by atoms with E-state index in [1.54, 1.807) is 6.07 Å². The van der Waals surface area contributed by atoms with Crippen LogP contribution in [0.4, 0.5) is 0 Å².